The molecule has 2 aromatic carbocycles. The first-order chi connectivity index (χ1) is 33.1. The molecule has 0 bridgehead atoms. The molecule has 0 saturated carbocycles. The Morgan fingerprint density at radius 3 is 1.65 bits per heavy atom. The normalized spacial score (nSPS) is 12.3. The third kappa shape index (κ3) is 15.0. The van der Waals surface area contributed by atoms with Gasteiger partial charge in [-0.1, -0.05) is 33.5 Å². The van der Waals surface area contributed by atoms with E-state index >= 15 is 0 Å². The number of aryl methyl sites for hydroxylation is 2. The fourth-order valence-electron chi connectivity index (χ4n) is 6.80. The number of aromatic amines is 2. The first-order valence-electron chi connectivity index (χ1n) is 22.8. The Bertz CT molecular complexity index is 2750. The number of esters is 1. The van der Waals surface area contributed by atoms with Crippen LogP contribution in [0.3, 0.4) is 0 Å². The van der Waals surface area contributed by atoms with Crippen LogP contribution in [0, 0.1) is 10.8 Å². The van der Waals surface area contributed by atoms with E-state index in [9.17, 15) is 41.0 Å². The number of halogens is 6. The summed E-state index contributed by atoms with van der Waals surface area (Å²) >= 11 is 0. The zero-order chi connectivity index (χ0) is 52.5. The van der Waals surface area contributed by atoms with E-state index in [4.69, 9.17) is 18.9 Å². The first kappa shape index (κ1) is 55.4. The van der Waals surface area contributed by atoms with E-state index in [0.717, 1.165) is 40.7 Å². The van der Waals surface area contributed by atoms with Gasteiger partial charge in [0.2, 0.25) is 5.69 Å². The molecule has 0 aliphatic carbocycles. The van der Waals surface area contributed by atoms with E-state index in [-0.39, 0.29) is 37.6 Å². The van der Waals surface area contributed by atoms with Gasteiger partial charge in [0, 0.05) is 43.8 Å². The molecule has 6 aromatic rings. The van der Waals surface area contributed by atoms with Crippen LogP contribution in [0.2, 0.25) is 25.7 Å². The number of H-pyrrole nitrogens is 2. The number of benzene rings is 2. The van der Waals surface area contributed by atoms with Gasteiger partial charge in [-0.2, -0.15) is 26.3 Å². The Morgan fingerprint density at radius 2 is 1.21 bits per heavy atom. The highest BCUT2D eigenvalue weighted by atomic mass is 28.3. The van der Waals surface area contributed by atoms with Crippen molar-refractivity contribution in [3.63, 3.8) is 0 Å². The van der Waals surface area contributed by atoms with Gasteiger partial charge in [-0.15, -0.1) is 0 Å². The summed E-state index contributed by atoms with van der Waals surface area (Å²) in [5, 5.41) is 9.21. The number of carbonyl (C=O) groups is 2. The molecule has 3 N–H and O–H groups in total. The molecule has 20 heteroatoms. The predicted molar refractivity (Wildman–Crippen MR) is 258 cm³/mol. The van der Waals surface area contributed by atoms with Gasteiger partial charge in [0.05, 0.1) is 41.1 Å². The standard InChI is InChI=1S/C29H38F3N3O4Si.C22H22F3N3O3/c1-8-20-15-22(39-18-28(2,3)27(36)37-4)10-11-23(20)24-12-9-21(16-33-24)26-34-25(29(30,31)32)17-35(26)19-38-13-14-40(5,6)7;1-4-13-9-15(31-12-21(2,3)20(29)30)6-7-16(13)17-8-5-14(10-26-17)19-27-11-18(28-19)22(23,24)25/h9-12,15-17H,8,13-14,18-19H2,1-7H3;5-11H,4,12H2,1-3H3,(H,27,28)(H,29,30)/p+1. The minimum atomic E-state index is -4.52. The zero-order valence-corrected chi connectivity index (χ0v) is 42.5. The number of pyridine rings is 2. The van der Waals surface area contributed by atoms with E-state index in [1.165, 1.54) is 17.9 Å². The summed E-state index contributed by atoms with van der Waals surface area (Å²) < 4.78 is 102. The van der Waals surface area contributed by atoms with Crippen LogP contribution in [0.1, 0.15) is 64.1 Å². The summed E-state index contributed by atoms with van der Waals surface area (Å²) in [4.78, 5) is 40.7. The van der Waals surface area contributed by atoms with E-state index in [0.29, 0.717) is 53.5 Å². The highest BCUT2D eigenvalue weighted by Gasteiger charge is 2.39. The number of nitrogens with zero attached hydrogens (tertiary/aromatic N) is 4. The number of imidazole rings is 2. The Balaban J connectivity index is 0.000000272. The molecule has 0 unspecified atom stereocenters. The molecule has 382 valence electrons. The molecule has 0 atom stereocenters. The molecule has 0 fully saturated rings. The lowest BCUT2D eigenvalue weighted by Gasteiger charge is -2.22. The second kappa shape index (κ2) is 22.7. The smallest absolute Gasteiger partial charge is 0.457 e. The molecular weight excluding hydrogens is 951 g/mol. The second-order valence-corrected chi connectivity index (χ2v) is 24.9. The fraction of sp³-hybridized carbons (Fsp3) is 0.412. The molecule has 0 spiro atoms. The van der Waals surface area contributed by atoms with Crippen molar-refractivity contribution in [1.29, 1.82) is 0 Å². The third-order valence-electron chi connectivity index (χ3n) is 11.3. The van der Waals surface area contributed by atoms with E-state index < -0.39 is 48.6 Å². The molecule has 0 amide bonds. The third-order valence-corrected chi connectivity index (χ3v) is 13.0. The predicted octanol–water partition coefficient (Wildman–Crippen LogP) is 11.7. The lowest BCUT2D eigenvalue weighted by atomic mass is 9.95. The SMILES string of the molecule is CCc1cc(OCC(C)(C)C(=O)O)ccc1-c1ccc(-c2ncc(C(F)(F)F)[nH]2)cn1.CCc1cc(OCC(C)(C)C(=O)OC)ccc1-c1ccc(-c2[nH]c(C(F)(F)F)c[n+]2COCC[Si](C)(C)C)cn1. The summed E-state index contributed by atoms with van der Waals surface area (Å²) in [6.45, 7) is 18.0. The number of methoxy groups -OCH3 is 1. The molecule has 0 saturated heterocycles. The van der Waals surface area contributed by atoms with Crippen molar-refractivity contribution in [2.75, 3.05) is 26.9 Å². The number of aliphatic carboxylic acids is 1. The molecule has 0 aliphatic rings. The summed E-state index contributed by atoms with van der Waals surface area (Å²) in [6, 6.07) is 18.8. The number of hydrogen-bond donors (Lipinski definition) is 3. The number of ether oxygens (including phenoxy) is 4. The van der Waals surface area contributed by atoms with Crippen LogP contribution >= 0.6 is 0 Å². The van der Waals surface area contributed by atoms with E-state index in [1.54, 1.807) is 64.2 Å². The van der Waals surface area contributed by atoms with Gasteiger partial charge in [0.1, 0.15) is 42.4 Å². The number of nitrogens with one attached hydrogen (secondary N) is 2. The maximum absolute atomic E-state index is 13.5. The highest BCUT2D eigenvalue weighted by Crippen LogP contribution is 2.34. The molecule has 6 rings (SSSR count). The Hall–Kier alpha value is -6.54. The van der Waals surface area contributed by atoms with Crippen molar-refractivity contribution < 1.29 is 64.6 Å². The average Bonchev–Trinajstić information content (AvgIpc) is 4.01. The van der Waals surface area contributed by atoms with Crippen LogP contribution in [0.4, 0.5) is 26.3 Å². The molecule has 0 radical (unpaired) electrons. The number of carboxylic acids is 1. The van der Waals surface area contributed by atoms with Crippen molar-refractivity contribution in [2.45, 2.75) is 99.2 Å². The van der Waals surface area contributed by atoms with Gasteiger partial charge >= 0.3 is 24.3 Å². The monoisotopic (exact) mass is 1010 g/mol. The highest BCUT2D eigenvalue weighted by molar-refractivity contribution is 6.76. The fourth-order valence-corrected chi connectivity index (χ4v) is 7.56. The number of aromatic nitrogens is 6. The first-order valence-corrected chi connectivity index (χ1v) is 26.5. The molecule has 0 aliphatic heterocycles. The lowest BCUT2D eigenvalue weighted by Crippen LogP contribution is -2.36. The number of carbonyl (C=O) groups excluding carboxylic acids is 1. The summed E-state index contributed by atoms with van der Waals surface area (Å²) in [7, 11) is 0.0215. The Morgan fingerprint density at radius 1 is 0.690 bits per heavy atom. The summed E-state index contributed by atoms with van der Waals surface area (Å²) in [6.07, 6.45) is -2.80. The number of rotatable bonds is 19. The Kier molecular flexibility index (Phi) is 17.7. The van der Waals surface area contributed by atoms with Gasteiger partial charge in [0.15, 0.2) is 6.73 Å². The van der Waals surface area contributed by atoms with Gasteiger partial charge in [-0.3, -0.25) is 19.6 Å². The number of hydrogen-bond acceptors (Lipinski definition) is 9. The van der Waals surface area contributed by atoms with E-state index in [2.05, 4.69) is 44.6 Å². The summed E-state index contributed by atoms with van der Waals surface area (Å²) in [5.74, 6) is 0.243. The zero-order valence-electron chi connectivity index (χ0n) is 41.5. The van der Waals surface area contributed by atoms with Crippen molar-refractivity contribution in [1.82, 2.24) is 24.9 Å². The van der Waals surface area contributed by atoms with Crippen LogP contribution in [-0.4, -0.2) is 77.0 Å². The average molecular weight is 1010 g/mol. The maximum Gasteiger partial charge on any atom is 0.457 e. The molecule has 13 nitrogen and oxygen atoms in total. The van der Waals surface area contributed by atoms with Gasteiger partial charge < -0.3 is 29.0 Å². The quantitative estimate of drug-likeness (QED) is 0.0234. The van der Waals surface area contributed by atoms with Crippen LogP contribution in [0.15, 0.2) is 85.5 Å². The van der Waals surface area contributed by atoms with Gasteiger partial charge in [0.25, 0.3) is 5.82 Å². The van der Waals surface area contributed by atoms with Crippen molar-refractivity contribution in [2.24, 2.45) is 10.8 Å². The maximum atomic E-state index is 13.5. The minimum absolute atomic E-state index is 0.00235. The van der Waals surface area contributed by atoms with Gasteiger partial charge in [-0.25, -0.2) is 14.5 Å². The van der Waals surface area contributed by atoms with Gasteiger partial charge in [-0.05, 0) is 118 Å². The van der Waals surface area contributed by atoms with Crippen LogP contribution < -0.4 is 14.0 Å². The topological polar surface area (TPSA) is 165 Å². The van der Waals surface area contributed by atoms with E-state index in [1.807, 2.05) is 44.2 Å². The molecule has 71 heavy (non-hydrogen) atoms. The Labute approximate surface area is 410 Å². The molecule has 4 heterocycles. The number of alkyl halides is 6. The summed E-state index contributed by atoms with van der Waals surface area (Å²) in [5.41, 5.74) is 2.39. The van der Waals surface area contributed by atoms with Crippen LogP contribution in [-0.2, 0) is 51.0 Å². The lowest BCUT2D eigenvalue weighted by molar-refractivity contribution is -0.721. The minimum Gasteiger partial charge on any atom is -0.492 e. The molecular formula is C51H61F6N6O7Si+. The van der Waals surface area contributed by atoms with Crippen LogP contribution in [0.25, 0.3) is 45.3 Å². The van der Waals surface area contributed by atoms with Crippen molar-refractivity contribution >= 4 is 20.0 Å². The second-order valence-electron chi connectivity index (χ2n) is 19.3. The van der Waals surface area contributed by atoms with Crippen LogP contribution in [0.5, 0.6) is 11.5 Å². The number of carboxylic acid groups (broad SMARTS) is 1. The van der Waals surface area contributed by atoms with Crippen molar-refractivity contribution in [3.05, 3.63) is 108 Å². The largest absolute Gasteiger partial charge is 0.492 e. The van der Waals surface area contributed by atoms with Crippen molar-refractivity contribution in [3.8, 4) is 56.8 Å². The molecule has 4 aromatic heterocycles.